The van der Waals surface area contributed by atoms with Crippen LogP contribution in [-0.2, 0) is 9.47 Å². The third-order valence-electron chi connectivity index (χ3n) is 0.848. The van der Waals surface area contributed by atoms with Crippen molar-refractivity contribution in [1.82, 2.24) is 0 Å². The molecule has 0 amide bonds. The molecule has 0 aliphatic carbocycles. The maximum Gasteiger partial charge on any atom is 0.151 e. The van der Waals surface area contributed by atoms with Gasteiger partial charge in [0, 0.05) is 13.2 Å². The summed E-state index contributed by atoms with van der Waals surface area (Å²) in [6, 6.07) is 0. The Morgan fingerprint density at radius 2 is 1.83 bits per heavy atom. The molecule has 0 aliphatic heterocycles. The average molecular weight is 180 g/mol. The molecule has 4 heteroatoms. The Balaban J connectivity index is 0. The molecular formula is C8H20O4. The Bertz CT molecular complexity index is 62.1. The molecule has 0 aliphatic rings. The lowest BCUT2D eigenvalue weighted by atomic mass is 10.7. The van der Waals surface area contributed by atoms with E-state index in [1.807, 2.05) is 13.8 Å². The number of aliphatic hydroxyl groups is 2. The number of rotatable bonds is 5. The summed E-state index contributed by atoms with van der Waals surface area (Å²) in [6.45, 7) is 7.20. The second-order valence-electron chi connectivity index (χ2n) is 1.98. The van der Waals surface area contributed by atoms with Crippen LogP contribution in [0.4, 0.5) is 0 Å². The molecule has 0 radical (unpaired) electrons. The molecule has 0 saturated heterocycles. The van der Waals surface area contributed by atoms with E-state index < -0.39 is 6.29 Å². The predicted octanol–water partition coefficient (Wildman–Crippen LogP) is 0.376. The van der Waals surface area contributed by atoms with Gasteiger partial charge in [-0.05, 0) is 20.8 Å². The van der Waals surface area contributed by atoms with Crippen LogP contribution in [0.5, 0.6) is 0 Å². The summed E-state index contributed by atoms with van der Waals surface area (Å²) >= 11 is 0. The predicted molar refractivity (Wildman–Crippen MR) is 46.9 cm³/mol. The molecule has 0 bridgehead atoms. The van der Waals surface area contributed by atoms with Gasteiger partial charge in [-0.25, -0.2) is 0 Å². The van der Waals surface area contributed by atoms with Crippen LogP contribution < -0.4 is 0 Å². The van der Waals surface area contributed by atoms with Crippen LogP contribution in [0, 0.1) is 0 Å². The van der Waals surface area contributed by atoms with E-state index in [1.54, 1.807) is 6.92 Å². The van der Waals surface area contributed by atoms with Gasteiger partial charge in [-0.2, -0.15) is 0 Å². The molecule has 1 atom stereocenters. The lowest BCUT2D eigenvalue weighted by Gasteiger charge is -1.99. The van der Waals surface area contributed by atoms with Gasteiger partial charge in [-0.3, -0.25) is 0 Å². The molecule has 1 unspecified atom stereocenters. The van der Waals surface area contributed by atoms with Crippen molar-refractivity contribution in [3.8, 4) is 0 Å². The fourth-order valence-corrected chi connectivity index (χ4v) is 0.450. The first-order valence-corrected chi connectivity index (χ1v) is 4.17. The first-order chi connectivity index (χ1) is 5.68. The Hall–Kier alpha value is -0.160. The maximum atomic E-state index is 8.33. The summed E-state index contributed by atoms with van der Waals surface area (Å²) in [5, 5.41) is 16.4. The molecule has 0 saturated carbocycles. The van der Waals surface area contributed by atoms with E-state index in [0.717, 1.165) is 0 Å². The number of ether oxygens (including phenoxy) is 2. The third-order valence-corrected chi connectivity index (χ3v) is 0.848. The second-order valence-corrected chi connectivity index (χ2v) is 1.98. The smallest absolute Gasteiger partial charge is 0.151 e. The van der Waals surface area contributed by atoms with Crippen LogP contribution in [0.1, 0.15) is 20.8 Å². The second kappa shape index (κ2) is 13.4. The summed E-state index contributed by atoms with van der Waals surface area (Å²) in [7, 11) is 0. The molecule has 76 valence electrons. The maximum absolute atomic E-state index is 8.33. The molecule has 0 aromatic carbocycles. The number of hydrogen-bond donors (Lipinski definition) is 2. The highest BCUT2D eigenvalue weighted by atomic mass is 16.6. The Morgan fingerprint density at radius 1 is 1.25 bits per heavy atom. The van der Waals surface area contributed by atoms with Crippen LogP contribution in [-0.4, -0.2) is 42.9 Å². The van der Waals surface area contributed by atoms with Crippen molar-refractivity contribution in [2.45, 2.75) is 27.1 Å². The van der Waals surface area contributed by atoms with E-state index >= 15 is 0 Å². The highest BCUT2D eigenvalue weighted by Gasteiger charge is 1.85. The van der Waals surface area contributed by atoms with E-state index in [0.29, 0.717) is 19.8 Å². The summed E-state index contributed by atoms with van der Waals surface area (Å²) in [4.78, 5) is 0. The summed E-state index contributed by atoms with van der Waals surface area (Å²) < 4.78 is 9.33. The monoisotopic (exact) mass is 180 g/mol. The fourth-order valence-electron chi connectivity index (χ4n) is 0.450. The molecule has 0 rings (SSSR count). The third kappa shape index (κ3) is 22.5. The average Bonchev–Trinajstić information content (AvgIpc) is 2.02. The minimum Gasteiger partial charge on any atom is -0.394 e. The molecule has 0 fully saturated rings. The van der Waals surface area contributed by atoms with Gasteiger partial charge in [0.1, 0.15) is 0 Å². The van der Waals surface area contributed by atoms with Crippen LogP contribution in [0.25, 0.3) is 0 Å². The van der Waals surface area contributed by atoms with Gasteiger partial charge in [0.2, 0.25) is 0 Å². The van der Waals surface area contributed by atoms with Gasteiger partial charge in [-0.1, -0.05) is 0 Å². The van der Waals surface area contributed by atoms with Gasteiger partial charge in [0.25, 0.3) is 0 Å². The summed E-state index contributed by atoms with van der Waals surface area (Å²) in [5.74, 6) is 0. The lowest BCUT2D eigenvalue weighted by Crippen LogP contribution is -2.04. The van der Waals surface area contributed by atoms with Crippen LogP contribution >= 0.6 is 0 Å². The summed E-state index contributed by atoms with van der Waals surface area (Å²) in [6.07, 6.45) is -0.602. The van der Waals surface area contributed by atoms with Gasteiger partial charge >= 0.3 is 0 Å². The van der Waals surface area contributed by atoms with Crippen molar-refractivity contribution >= 4 is 0 Å². The van der Waals surface area contributed by atoms with Crippen molar-refractivity contribution in [2.24, 2.45) is 0 Å². The molecular weight excluding hydrogens is 160 g/mol. The fraction of sp³-hybridized carbons (Fsp3) is 1.00. The number of aliphatic hydroxyl groups excluding tert-OH is 2. The first kappa shape index (κ1) is 14.4. The van der Waals surface area contributed by atoms with E-state index in [9.17, 15) is 0 Å². The molecule has 4 nitrogen and oxygen atoms in total. The Morgan fingerprint density at radius 3 is 1.92 bits per heavy atom. The van der Waals surface area contributed by atoms with Gasteiger partial charge in [0.05, 0.1) is 13.2 Å². The zero-order valence-electron chi connectivity index (χ0n) is 8.12. The topological polar surface area (TPSA) is 58.9 Å². The summed E-state index contributed by atoms with van der Waals surface area (Å²) in [5.41, 5.74) is 0. The van der Waals surface area contributed by atoms with Gasteiger partial charge in [0.15, 0.2) is 6.29 Å². The van der Waals surface area contributed by atoms with Crippen LogP contribution in [0.2, 0.25) is 0 Å². The molecule has 0 spiro atoms. The zero-order chi connectivity index (χ0) is 9.82. The largest absolute Gasteiger partial charge is 0.394 e. The molecule has 0 aromatic heterocycles. The van der Waals surface area contributed by atoms with Gasteiger partial charge < -0.3 is 19.7 Å². The van der Waals surface area contributed by atoms with Crippen LogP contribution in [0.3, 0.4) is 0 Å². The molecule has 0 heterocycles. The van der Waals surface area contributed by atoms with E-state index in [4.69, 9.17) is 14.9 Å². The lowest BCUT2D eigenvalue weighted by molar-refractivity contribution is -0.0800. The number of hydrogen-bond acceptors (Lipinski definition) is 4. The van der Waals surface area contributed by atoms with Crippen LogP contribution in [0.15, 0.2) is 0 Å². The van der Waals surface area contributed by atoms with Crippen molar-refractivity contribution in [3.63, 3.8) is 0 Å². The first-order valence-electron chi connectivity index (χ1n) is 4.17. The zero-order valence-corrected chi connectivity index (χ0v) is 8.12. The SMILES string of the molecule is CCOC(C)O.CCOCCO. The molecule has 0 aromatic rings. The van der Waals surface area contributed by atoms with E-state index in [2.05, 4.69) is 4.74 Å². The van der Waals surface area contributed by atoms with Gasteiger partial charge in [-0.15, -0.1) is 0 Å². The van der Waals surface area contributed by atoms with Crippen molar-refractivity contribution in [3.05, 3.63) is 0 Å². The normalized spacial score (nSPS) is 11.8. The Labute approximate surface area is 74.1 Å². The molecule has 2 N–H and O–H groups in total. The highest BCUT2D eigenvalue weighted by molar-refractivity contribution is 4.18. The minimum atomic E-state index is -0.602. The molecule has 12 heavy (non-hydrogen) atoms. The van der Waals surface area contributed by atoms with E-state index in [1.165, 1.54) is 0 Å². The highest BCUT2D eigenvalue weighted by Crippen LogP contribution is 1.78. The Kier molecular flexibility index (Phi) is 16.1. The van der Waals surface area contributed by atoms with E-state index in [-0.39, 0.29) is 6.61 Å². The van der Waals surface area contributed by atoms with Crippen molar-refractivity contribution in [2.75, 3.05) is 26.4 Å². The standard InChI is InChI=1S/2C4H10O2/c1-3-6-4(2)5;1-2-6-4-3-5/h4-5H,3H2,1-2H3;5H,2-4H2,1H3. The quantitative estimate of drug-likeness (QED) is 0.474. The minimum absolute atomic E-state index is 0.133. The van der Waals surface area contributed by atoms with Crippen molar-refractivity contribution in [1.29, 1.82) is 0 Å². The van der Waals surface area contributed by atoms with Crippen molar-refractivity contribution < 1.29 is 19.7 Å².